The SMILES string of the molecule is C[C@H](c1nc2c3cn[nH]c3ncn2n1)n1nc(C(F)(F)F)cc1C1CC1. The van der Waals surface area contributed by atoms with E-state index in [2.05, 4.69) is 30.4 Å². The second kappa shape index (κ2) is 5.02. The number of halogens is 3. The van der Waals surface area contributed by atoms with Crippen LogP contribution in [0.1, 0.15) is 48.9 Å². The average Bonchev–Trinajstić information content (AvgIpc) is 3.04. The molecule has 0 aliphatic heterocycles. The van der Waals surface area contributed by atoms with Gasteiger partial charge in [-0.15, -0.1) is 5.10 Å². The molecule has 4 heterocycles. The summed E-state index contributed by atoms with van der Waals surface area (Å²) in [5.41, 5.74) is 0.812. The lowest BCUT2D eigenvalue weighted by atomic mass is 10.2. The van der Waals surface area contributed by atoms with Crippen molar-refractivity contribution in [1.29, 1.82) is 0 Å². The number of alkyl halides is 3. The van der Waals surface area contributed by atoms with E-state index in [4.69, 9.17) is 0 Å². The highest BCUT2D eigenvalue weighted by Crippen LogP contribution is 2.43. The van der Waals surface area contributed by atoms with Crippen LogP contribution in [0.3, 0.4) is 0 Å². The van der Waals surface area contributed by atoms with Crippen LogP contribution in [-0.2, 0) is 6.18 Å². The molecule has 1 fully saturated rings. The summed E-state index contributed by atoms with van der Waals surface area (Å²) in [6, 6.07) is 0.600. The van der Waals surface area contributed by atoms with Gasteiger partial charge in [-0.05, 0) is 25.8 Å². The van der Waals surface area contributed by atoms with Gasteiger partial charge in [0.1, 0.15) is 12.4 Å². The molecule has 1 aliphatic carbocycles. The van der Waals surface area contributed by atoms with E-state index in [9.17, 15) is 13.2 Å². The van der Waals surface area contributed by atoms with Gasteiger partial charge >= 0.3 is 6.18 Å². The van der Waals surface area contributed by atoms with Crippen molar-refractivity contribution in [2.45, 2.75) is 37.9 Å². The summed E-state index contributed by atoms with van der Waals surface area (Å²) in [6.07, 6.45) is 0.340. The van der Waals surface area contributed by atoms with Gasteiger partial charge in [0.2, 0.25) is 0 Å². The van der Waals surface area contributed by atoms with Crippen LogP contribution in [0.4, 0.5) is 13.2 Å². The second-order valence-corrected chi connectivity index (χ2v) is 6.46. The zero-order valence-electron chi connectivity index (χ0n) is 13.6. The van der Waals surface area contributed by atoms with Crippen molar-refractivity contribution in [1.82, 2.24) is 39.6 Å². The van der Waals surface area contributed by atoms with Crippen molar-refractivity contribution < 1.29 is 13.2 Å². The maximum atomic E-state index is 13.1. The van der Waals surface area contributed by atoms with Crippen LogP contribution in [0.5, 0.6) is 0 Å². The van der Waals surface area contributed by atoms with Crippen LogP contribution < -0.4 is 0 Å². The molecule has 0 radical (unpaired) electrons. The molecule has 26 heavy (non-hydrogen) atoms. The molecule has 134 valence electrons. The maximum absolute atomic E-state index is 13.1. The molecule has 1 atom stereocenters. The van der Waals surface area contributed by atoms with Crippen molar-refractivity contribution in [2.24, 2.45) is 0 Å². The summed E-state index contributed by atoms with van der Waals surface area (Å²) in [6.45, 7) is 1.74. The molecule has 1 N–H and O–H groups in total. The third-order valence-electron chi connectivity index (χ3n) is 4.60. The summed E-state index contributed by atoms with van der Waals surface area (Å²) in [5, 5.41) is 15.5. The topological polar surface area (TPSA) is 89.6 Å². The Balaban J connectivity index is 1.62. The zero-order chi connectivity index (χ0) is 18.1. The first-order valence-corrected chi connectivity index (χ1v) is 8.13. The Kier molecular flexibility index (Phi) is 2.95. The van der Waals surface area contributed by atoms with Gasteiger partial charge in [-0.2, -0.15) is 23.4 Å². The average molecular weight is 362 g/mol. The monoisotopic (exact) mass is 362 g/mol. The molecule has 8 nitrogen and oxygen atoms in total. The molecule has 5 rings (SSSR count). The second-order valence-electron chi connectivity index (χ2n) is 6.46. The minimum atomic E-state index is -4.48. The number of hydrogen-bond donors (Lipinski definition) is 1. The summed E-state index contributed by atoms with van der Waals surface area (Å²) >= 11 is 0. The van der Waals surface area contributed by atoms with Crippen LogP contribution in [-0.4, -0.2) is 39.6 Å². The van der Waals surface area contributed by atoms with Gasteiger partial charge in [-0.25, -0.2) is 14.5 Å². The van der Waals surface area contributed by atoms with Gasteiger partial charge in [0, 0.05) is 11.6 Å². The number of H-pyrrole nitrogens is 1. The Bertz CT molecular complexity index is 1120. The van der Waals surface area contributed by atoms with Crippen LogP contribution >= 0.6 is 0 Å². The van der Waals surface area contributed by atoms with Crippen molar-refractivity contribution >= 4 is 16.7 Å². The zero-order valence-corrected chi connectivity index (χ0v) is 13.6. The lowest BCUT2D eigenvalue weighted by Gasteiger charge is -2.12. The van der Waals surface area contributed by atoms with E-state index in [0.717, 1.165) is 18.9 Å². The van der Waals surface area contributed by atoms with Crippen LogP contribution in [0, 0.1) is 0 Å². The van der Waals surface area contributed by atoms with Crippen molar-refractivity contribution in [3.05, 3.63) is 35.8 Å². The minimum absolute atomic E-state index is 0.111. The summed E-state index contributed by atoms with van der Waals surface area (Å²) < 4.78 is 42.2. The fourth-order valence-electron chi connectivity index (χ4n) is 3.09. The first-order chi connectivity index (χ1) is 12.4. The molecule has 4 aromatic heterocycles. The van der Waals surface area contributed by atoms with E-state index in [1.54, 1.807) is 13.1 Å². The van der Waals surface area contributed by atoms with E-state index >= 15 is 0 Å². The number of hydrogen-bond acceptors (Lipinski definition) is 5. The maximum Gasteiger partial charge on any atom is 0.435 e. The quantitative estimate of drug-likeness (QED) is 0.605. The molecular weight excluding hydrogens is 349 g/mol. The summed E-state index contributed by atoms with van der Waals surface area (Å²) in [4.78, 5) is 8.67. The Morgan fingerprint density at radius 1 is 1.27 bits per heavy atom. The van der Waals surface area contributed by atoms with Crippen molar-refractivity contribution in [3.63, 3.8) is 0 Å². The van der Waals surface area contributed by atoms with Gasteiger partial charge in [0.05, 0.1) is 11.6 Å². The van der Waals surface area contributed by atoms with Crippen LogP contribution in [0.2, 0.25) is 0 Å². The Morgan fingerprint density at radius 3 is 2.81 bits per heavy atom. The number of rotatable bonds is 3. The van der Waals surface area contributed by atoms with E-state index in [0.29, 0.717) is 28.2 Å². The van der Waals surface area contributed by atoms with Crippen LogP contribution in [0.25, 0.3) is 16.7 Å². The highest BCUT2D eigenvalue weighted by Gasteiger charge is 2.39. The fraction of sp³-hybridized carbons (Fsp3) is 0.400. The van der Waals surface area contributed by atoms with Gasteiger partial charge in [0.25, 0.3) is 0 Å². The molecule has 0 unspecified atom stereocenters. The van der Waals surface area contributed by atoms with Crippen molar-refractivity contribution in [3.8, 4) is 0 Å². The first kappa shape index (κ1) is 15.3. The largest absolute Gasteiger partial charge is 0.435 e. The first-order valence-electron chi connectivity index (χ1n) is 8.13. The van der Waals surface area contributed by atoms with E-state index in [-0.39, 0.29) is 5.92 Å². The smallest absolute Gasteiger partial charge is 0.261 e. The molecule has 0 amide bonds. The minimum Gasteiger partial charge on any atom is -0.261 e. The van der Waals surface area contributed by atoms with Crippen molar-refractivity contribution in [2.75, 3.05) is 0 Å². The number of aromatic nitrogens is 8. The predicted molar refractivity (Wildman–Crippen MR) is 83.5 cm³/mol. The molecule has 0 saturated heterocycles. The van der Waals surface area contributed by atoms with Gasteiger partial charge in [-0.3, -0.25) is 9.78 Å². The number of fused-ring (bicyclic) bond motifs is 3. The van der Waals surface area contributed by atoms with E-state index < -0.39 is 17.9 Å². The Labute approximate surface area is 144 Å². The molecule has 1 aliphatic rings. The third-order valence-corrected chi connectivity index (χ3v) is 4.60. The van der Waals surface area contributed by atoms with E-state index in [1.807, 2.05) is 0 Å². The number of aromatic amines is 1. The van der Waals surface area contributed by atoms with Gasteiger partial charge in [0.15, 0.2) is 22.8 Å². The molecule has 0 aromatic carbocycles. The lowest BCUT2D eigenvalue weighted by molar-refractivity contribution is -0.141. The van der Waals surface area contributed by atoms with Gasteiger partial charge in [-0.1, -0.05) is 0 Å². The van der Waals surface area contributed by atoms with Gasteiger partial charge < -0.3 is 0 Å². The fourth-order valence-corrected chi connectivity index (χ4v) is 3.09. The number of nitrogens with zero attached hydrogens (tertiary/aromatic N) is 7. The molecular formula is C15H13F3N8. The predicted octanol–water partition coefficient (Wildman–Crippen LogP) is 2.70. The molecule has 4 aromatic rings. The Hall–Kier alpha value is -2.98. The Morgan fingerprint density at radius 2 is 2.08 bits per heavy atom. The normalized spacial score (nSPS) is 16.6. The lowest BCUT2D eigenvalue weighted by Crippen LogP contribution is -2.15. The molecule has 11 heteroatoms. The van der Waals surface area contributed by atoms with Crippen LogP contribution in [0.15, 0.2) is 18.6 Å². The standard InChI is InChI=1S/C15H13F3N8/c1-7(26-10(8-2-3-8)4-11(23-26)15(16,17)18)12-21-14-9-5-20-22-13(9)19-6-25(14)24-12/h4-8H,2-3H2,1H3,(H,20,22)/t7-/m1/s1. The third kappa shape index (κ3) is 2.26. The van der Waals surface area contributed by atoms with E-state index in [1.165, 1.54) is 15.5 Å². The highest BCUT2D eigenvalue weighted by molar-refractivity contribution is 5.87. The highest BCUT2D eigenvalue weighted by atomic mass is 19.4. The summed E-state index contributed by atoms with van der Waals surface area (Å²) in [5.74, 6) is 0.486. The summed E-state index contributed by atoms with van der Waals surface area (Å²) in [7, 11) is 0. The molecule has 0 bridgehead atoms. The molecule has 0 spiro atoms. The molecule has 1 saturated carbocycles. The number of nitrogens with one attached hydrogen (secondary N) is 1.